The first-order valence-electron chi connectivity index (χ1n) is 8.33. The van der Waals surface area contributed by atoms with Crippen LogP contribution in [0, 0.1) is 0 Å². The summed E-state index contributed by atoms with van der Waals surface area (Å²) in [5.41, 5.74) is 2.03. The highest BCUT2D eigenvalue weighted by molar-refractivity contribution is 5.73. The van der Waals surface area contributed by atoms with Gasteiger partial charge in [0.25, 0.3) is 0 Å². The molecule has 3 aromatic heterocycles. The van der Waals surface area contributed by atoms with Gasteiger partial charge in [0.1, 0.15) is 11.7 Å². The molecule has 0 bridgehead atoms. The van der Waals surface area contributed by atoms with Crippen LogP contribution in [-0.4, -0.2) is 44.1 Å². The van der Waals surface area contributed by atoms with Gasteiger partial charge in [0.2, 0.25) is 5.95 Å². The zero-order valence-electron chi connectivity index (χ0n) is 13.1. The van der Waals surface area contributed by atoms with Gasteiger partial charge in [-0.2, -0.15) is 10.1 Å². The molecular weight excluding hydrogens is 309 g/mol. The van der Waals surface area contributed by atoms with E-state index in [9.17, 15) is 4.39 Å². The fourth-order valence-corrected chi connectivity index (χ4v) is 3.17. The summed E-state index contributed by atoms with van der Waals surface area (Å²) in [7, 11) is 0. The zero-order valence-corrected chi connectivity index (χ0v) is 13.1. The number of hydrogen-bond acceptors (Lipinski definition) is 5. The van der Waals surface area contributed by atoms with Gasteiger partial charge in [-0.1, -0.05) is 0 Å². The summed E-state index contributed by atoms with van der Waals surface area (Å²) in [4.78, 5) is 6.50. The van der Waals surface area contributed by atoms with Crippen LogP contribution < -0.4 is 10.2 Å². The van der Waals surface area contributed by atoms with E-state index in [0.29, 0.717) is 37.2 Å². The lowest BCUT2D eigenvalue weighted by Gasteiger charge is -2.16. The average molecular weight is 327 g/mol. The van der Waals surface area contributed by atoms with Crippen molar-refractivity contribution in [3.05, 3.63) is 30.1 Å². The highest BCUT2D eigenvalue weighted by Crippen LogP contribution is 2.39. The number of aromatic amines is 1. The second kappa shape index (κ2) is 5.19. The Bertz CT molecular complexity index is 882. The van der Waals surface area contributed by atoms with Crippen molar-refractivity contribution < 1.29 is 4.39 Å². The number of nitrogens with zero attached hydrogens (tertiary/aromatic N) is 5. The smallest absolute Gasteiger partial charge is 0.245 e. The van der Waals surface area contributed by atoms with E-state index in [0.717, 1.165) is 17.0 Å². The maximum absolute atomic E-state index is 13.5. The molecule has 1 aliphatic carbocycles. The molecule has 1 aliphatic heterocycles. The minimum absolute atomic E-state index is 0.348. The maximum Gasteiger partial charge on any atom is 0.245 e. The summed E-state index contributed by atoms with van der Waals surface area (Å²) in [5, 5.41) is 15.2. The maximum atomic E-state index is 13.5. The molecule has 5 rings (SSSR count). The fraction of sp³-hybridized carbons (Fsp3) is 0.438. The van der Waals surface area contributed by atoms with Crippen LogP contribution in [0.2, 0.25) is 0 Å². The van der Waals surface area contributed by atoms with Gasteiger partial charge >= 0.3 is 0 Å². The molecule has 2 N–H and O–H groups in total. The molecule has 3 aromatic rings. The van der Waals surface area contributed by atoms with E-state index in [-0.39, 0.29) is 0 Å². The monoisotopic (exact) mass is 327 g/mol. The SMILES string of the molecule is F[C@@H]1CCN(c2nc(Nc3cc(C4CC4)[nH]n3)c3cccn3n2)C1. The molecule has 0 unspecified atom stereocenters. The number of anilines is 3. The van der Waals surface area contributed by atoms with E-state index in [1.54, 1.807) is 4.52 Å². The van der Waals surface area contributed by atoms with Crippen molar-refractivity contribution in [3.8, 4) is 0 Å². The van der Waals surface area contributed by atoms with Crippen LogP contribution in [0.5, 0.6) is 0 Å². The quantitative estimate of drug-likeness (QED) is 0.770. The molecule has 24 heavy (non-hydrogen) atoms. The molecule has 1 saturated carbocycles. The number of hydrogen-bond donors (Lipinski definition) is 2. The second-order valence-corrected chi connectivity index (χ2v) is 6.54. The molecule has 7 nitrogen and oxygen atoms in total. The van der Waals surface area contributed by atoms with Gasteiger partial charge < -0.3 is 10.2 Å². The number of rotatable bonds is 4. The van der Waals surface area contributed by atoms with Gasteiger partial charge in [-0.05, 0) is 31.4 Å². The van der Waals surface area contributed by atoms with Gasteiger partial charge in [-0.3, -0.25) is 5.10 Å². The molecule has 2 fully saturated rings. The predicted octanol–water partition coefficient (Wildman–Crippen LogP) is 2.62. The summed E-state index contributed by atoms with van der Waals surface area (Å²) >= 11 is 0. The van der Waals surface area contributed by atoms with Gasteiger partial charge in [-0.25, -0.2) is 8.91 Å². The number of aromatic nitrogens is 5. The van der Waals surface area contributed by atoms with Crippen molar-refractivity contribution in [2.45, 2.75) is 31.4 Å². The molecule has 0 aromatic carbocycles. The highest BCUT2D eigenvalue weighted by Gasteiger charge is 2.27. The van der Waals surface area contributed by atoms with Crippen LogP contribution in [0.4, 0.5) is 22.0 Å². The number of halogens is 1. The van der Waals surface area contributed by atoms with Gasteiger partial charge in [-0.15, -0.1) is 5.10 Å². The van der Waals surface area contributed by atoms with Crippen molar-refractivity contribution in [1.82, 2.24) is 24.8 Å². The first kappa shape index (κ1) is 13.8. The van der Waals surface area contributed by atoms with Crippen molar-refractivity contribution >= 4 is 23.1 Å². The lowest BCUT2D eigenvalue weighted by Crippen LogP contribution is -2.23. The van der Waals surface area contributed by atoms with E-state index in [1.807, 2.05) is 29.3 Å². The number of H-pyrrole nitrogens is 1. The van der Waals surface area contributed by atoms with Gasteiger partial charge in [0.15, 0.2) is 11.6 Å². The Kier molecular flexibility index (Phi) is 2.97. The summed E-state index contributed by atoms with van der Waals surface area (Å²) in [6.07, 6.45) is 4.04. The molecule has 0 amide bonds. The third-order valence-corrected chi connectivity index (χ3v) is 4.65. The second-order valence-electron chi connectivity index (χ2n) is 6.54. The lowest BCUT2D eigenvalue weighted by atomic mass is 10.3. The summed E-state index contributed by atoms with van der Waals surface area (Å²) < 4.78 is 15.3. The Labute approximate surface area is 137 Å². The molecule has 8 heteroatoms. The van der Waals surface area contributed by atoms with E-state index < -0.39 is 6.17 Å². The highest BCUT2D eigenvalue weighted by atomic mass is 19.1. The van der Waals surface area contributed by atoms with Crippen LogP contribution in [0.25, 0.3) is 5.52 Å². The fourth-order valence-electron chi connectivity index (χ4n) is 3.17. The average Bonchev–Trinajstić information content (AvgIpc) is 2.99. The molecule has 4 heterocycles. The van der Waals surface area contributed by atoms with Crippen molar-refractivity contribution in [3.63, 3.8) is 0 Å². The van der Waals surface area contributed by atoms with Crippen LogP contribution in [-0.2, 0) is 0 Å². The van der Waals surface area contributed by atoms with Crippen LogP contribution >= 0.6 is 0 Å². The normalized spacial score (nSPS) is 20.9. The van der Waals surface area contributed by atoms with E-state index in [2.05, 4.69) is 25.6 Å². The Balaban J connectivity index is 1.49. The van der Waals surface area contributed by atoms with Crippen LogP contribution in [0.1, 0.15) is 30.9 Å². The Morgan fingerprint density at radius 1 is 1.29 bits per heavy atom. The van der Waals surface area contributed by atoms with Crippen LogP contribution in [0.15, 0.2) is 24.4 Å². The van der Waals surface area contributed by atoms with E-state index in [1.165, 1.54) is 12.8 Å². The Hall–Kier alpha value is -2.64. The van der Waals surface area contributed by atoms with Crippen molar-refractivity contribution in [2.75, 3.05) is 23.3 Å². The molecule has 2 aliphatic rings. The van der Waals surface area contributed by atoms with Crippen LogP contribution in [0.3, 0.4) is 0 Å². The van der Waals surface area contributed by atoms with Gasteiger partial charge in [0, 0.05) is 30.4 Å². The summed E-state index contributed by atoms with van der Waals surface area (Å²) in [6.45, 7) is 0.988. The third-order valence-electron chi connectivity index (χ3n) is 4.65. The first-order chi connectivity index (χ1) is 11.8. The van der Waals surface area contributed by atoms with Crippen molar-refractivity contribution in [1.29, 1.82) is 0 Å². The molecular formula is C16H18FN7. The largest absolute Gasteiger partial charge is 0.336 e. The molecule has 0 spiro atoms. The molecule has 0 radical (unpaired) electrons. The Morgan fingerprint density at radius 2 is 2.21 bits per heavy atom. The van der Waals surface area contributed by atoms with E-state index >= 15 is 0 Å². The third kappa shape index (κ3) is 2.38. The zero-order chi connectivity index (χ0) is 16.1. The van der Waals surface area contributed by atoms with Gasteiger partial charge in [0.05, 0.1) is 6.54 Å². The first-order valence-corrected chi connectivity index (χ1v) is 8.33. The summed E-state index contributed by atoms with van der Waals surface area (Å²) in [6, 6.07) is 5.90. The Morgan fingerprint density at radius 3 is 3.00 bits per heavy atom. The number of nitrogens with one attached hydrogen (secondary N) is 2. The minimum atomic E-state index is -0.808. The van der Waals surface area contributed by atoms with E-state index in [4.69, 9.17) is 0 Å². The summed E-state index contributed by atoms with van der Waals surface area (Å²) in [5.74, 6) is 2.59. The molecule has 124 valence electrons. The molecule has 1 atom stereocenters. The number of fused-ring (bicyclic) bond motifs is 1. The minimum Gasteiger partial charge on any atom is -0.336 e. The topological polar surface area (TPSA) is 74.1 Å². The predicted molar refractivity (Wildman–Crippen MR) is 88.6 cm³/mol. The molecule has 1 saturated heterocycles. The standard InChI is InChI=1S/C16H18FN7/c17-11-5-7-23(9-11)16-19-15(13-2-1-6-24(13)22-16)18-14-8-12(20-21-14)10-3-4-10/h1-2,6,8,10-11H,3-5,7,9H2,(H2,18,19,20,21,22)/t11-/m1/s1. The van der Waals surface area contributed by atoms with Crippen molar-refractivity contribution in [2.24, 2.45) is 0 Å². The lowest BCUT2D eigenvalue weighted by molar-refractivity contribution is 0.364. The number of alkyl halides is 1.